The van der Waals surface area contributed by atoms with Gasteiger partial charge >= 0.3 is 0 Å². The summed E-state index contributed by atoms with van der Waals surface area (Å²) < 4.78 is 10.9. The van der Waals surface area contributed by atoms with E-state index in [9.17, 15) is 0 Å². The Morgan fingerprint density at radius 3 is 2.75 bits per heavy atom. The van der Waals surface area contributed by atoms with Gasteiger partial charge in [0.25, 0.3) is 0 Å². The van der Waals surface area contributed by atoms with Crippen LogP contribution in [0.4, 0.5) is 5.69 Å². The van der Waals surface area contributed by atoms with Crippen molar-refractivity contribution in [1.82, 2.24) is 0 Å². The molecule has 0 heterocycles. The molecule has 112 valence electrons. The van der Waals surface area contributed by atoms with Gasteiger partial charge in [-0.05, 0) is 43.4 Å². The van der Waals surface area contributed by atoms with Gasteiger partial charge < -0.3 is 14.8 Å². The van der Waals surface area contributed by atoms with Crippen molar-refractivity contribution in [2.24, 2.45) is 5.92 Å². The van der Waals surface area contributed by atoms with Gasteiger partial charge in [0.15, 0.2) is 0 Å². The number of hydrogen-bond donors (Lipinski definition) is 1. The topological polar surface area (TPSA) is 30.5 Å². The largest absolute Gasteiger partial charge is 0.489 e. The molecule has 0 saturated heterocycles. The zero-order valence-corrected chi connectivity index (χ0v) is 12.9. The maximum Gasteiger partial charge on any atom is 0.142 e. The minimum atomic E-state index is 0.566. The van der Waals surface area contributed by atoms with Gasteiger partial charge in [0.1, 0.15) is 12.4 Å². The van der Waals surface area contributed by atoms with Gasteiger partial charge in [0.2, 0.25) is 0 Å². The monoisotopic (exact) mass is 277 g/mol. The normalized spacial score (nSPS) is 22.6. The van der Waals surface area contributed by atoms with Gasteiger partial charge in [0.05, 0.1) is 12.3 Å². The molecule has 1 N–H and O–H groups in total. The van der Waals surface area contributed by atoms with Crippen LogP contribution in [0, 0.1) is 12.8 Å². The van der Waals surface area contributed by atoms with E-state index >= 15 is 0 Å². The van der Waals surface area contributed by atoms with E-state index in [4.69, 9.17) is 9.47 Å². The van der Waals surface area contributed by atoms with Crippen LogP contribution >= 0.6 is 0 Å². The lowest BCUT2D eigenvalue weighted by molar-refractivity contribution is 0.146. The van der Waals surface area contributed by atoms with E-state index in [0.29, 0.717) is 19.3 Å². The molecule has 1 aromatic carbocycles. The van der Waals surface area contributed by atoms with E-state index in [1.807, 2.05) is 0 Å². The second-order valence-corrected chi connectivity index (χ2v) is 5.85. The zero-order valence-electron chi connectivity index (χ0n) is 12.9. The van der Waals surface area contributed by atoms with Crippen molar-refractivity contribution < 1.29 is 9.47 Å². The molecule has 20 heavy (non-hydrogen) atoms. The summed E-state index contributed by atoms with van der Waals surface area (Å²) in [5.41, 5.74) is 2.34. The van der Waals surface area contributed by atoms with E-state index in [1.165, 1.54) is 31.2 Å². The molecular formula is C17H27NO2. The fourth-order valence-corrected chi connectivity index (χ4v) is 2.83. The minimum absolute atomic E-state index is 0.566. The maximum absolute atomic E-state index is 5.85. The van der Waals surface area contributed by atoms with E-state index in [2.05, 4.69) is 37.4 Å². The summed E-state index contributed by atoms with van der Waals surface area (Å²) in [6.45, 7) is 5.65. The first-order chi connectivity index (χ1) is 9.70. The number of ether oxygens (including phenoxy) is 2. The van der Waals surface area contributed by atoms with Crippen molar-refractivity contribution in [2.75, 3.05) is 25.6 Å². The van der Waals surface area contributed by atoms with Gasteiger partial charge in [-0.15, -0.1) is 0 Å². The molecule has 0 spiro atoms. The van der Waals surface area contributed by atoms with Crippen LogP contribution in [-0.2, 0) is 4.74 Å². The molecule has 2 atom stereocenters. The van der Waals surface area contributed by atoms with Gasteiger partial charge in [-0.25, -0.2) is 0 Å². The Morgan fingerprint density at radius 1 is 1.20 bits per heavy atom. The third kappa shape index (κ3) is 4.14. The molecule has 0 amide bonds. The van der Waals surface area contributed by atoms with Crippen molar-refractivity contribution in [3.8, 4) is 5.75 Å². The van der Waals surface area contributed by atoms with Gasteiger partial charge in [0, 0.05) is 13.2 Å². The Balaban J connectivity index is 2.05. The van der Waals surface area contributed by atoms with Crippen molar-refractivity contribution in [3.05, 3.63) is 23.8 Å². The molecule has 0 aliphatic heterocycles. The van der Waals surface area contributed by atoms with Crippen molar-refractivity contribution in [3.63, 3.8) is 0 Å². The maximum atomic E-state index is 5.85. The first-order valence-electron chi connectivity index (χ1n) is 7.69. The summed E-state index contributed by atoms with van der Waals surface area (Å²) in [7, 11) is 1.70. The lowest BCUT2D eigenvalue weighted by atomic mass is 9.86. The van der Waals surface area contributed by atoms with Crippen molar-refractivity contribution in [2.45, 2.75) is 45.6 Å². The molecular weight excluding hydrogens is 250 g/mol. The predicted molar refractivity (Wildman–Crippen MR) is 83.6 cm³/mol. The number of nitrogens with one attached hydrogen (secondary N) is 1. The predicted octanol–water partition coefficient (Wildman–Crippen LogP) is 4.01. The Bertz CT molecular complexity index is 419. The highest BCUT2D eigenvalue weighted by atomic mass is 16.5. The zero-order chi connectivity index (χ0) is 14.4. The Morgan fingerprint density at radius 2 is 2.00 bits per heavy atom. The quantitative estimate of drug-likeness (QED) is 0.797. The summed E-state index contributed by atoms with van der Waals surface area (Å²) in [6, 6.07) is 6.94. The molecule has 1 aromatic rings. The summed E-state index contributed by atoms with van der Waals surface area (Å²) in [5.74, 6) is 1.68. The fourth-order valence-electron chi connectivity index (χ4n) is 2.83. The van der Waals surface area contributed by atoms with Gasteiger partial charge in [-0.3, -0.25) is 0 Å². The highest BCUT2D eigenvalue weighted by Crippen LogP contribution is 2.31. The Hall–Kier alpha value is -1.22. The van der Waals surface area contributed by atoms with Crippen LogP contribution in [0.3, 0.4) is 0 Å². The Labute approximate surface area is 122 Å². The molecule has 1 saturated carbocycles. The third-order valence-electron chi connectivity index (χ3n) is 4.13. The highest BCUT2D eigenvalue weighted by molar-refractivity contribution is 5.58. The second kappa shape index (κ2) is 7.53. The van der Waals surface area contributed by atoms with Gasteiger partial charge in [-0.2, -0.15) is 0 Å². The Kier molecular flexibility index (Phi) is 5.72. The molecule has 0 aromatic heterocycles. The van der Waals surface area contributed by atoms with Crippen LogP contribution < -0.4 is 10.1 Å². The van der Waals surface area contributed by atoms with E-state index in [1.54, 1.807) is 7.11 Å². The molecule has 3 nitrogen and oxygen atoms in total. The molecule has 1 fully saturated rings. The standard InChI is InChI=1S/C17H27NO2/c1-13-8-9-16(17(12-13)20-11-10-19-3)18-15-7-5-4-6-14(15)2/h8-9,12,14-15,18H,4-7,10-11H2,1-3H3. The summed E-state index contributed by atoms with van der Waals surface area (Å²) in [5, 5.41) is 3.69. The van der Waals surface area contributed by atoms with Crippen LogP contribution in [0.15, 0.2) is 18.2 Å². The first kappa shape index (κ1) is 15.2. The van der Waals surface area contributed by atoms with Crippen molar-refractivity contribution in [1.29, 1.82) is 0 Å². The van der Waals surface area contributed by atoms with Gasteiger partial charge in [-0.1, -0.05) is 25.8 Å². The molecule has 2 unspecified atom stereocenters. The van der Waals surface area contributed by atoms with Crippen LogP contribution in [0.1, 0.15) is 38.2 Å². The lowest BCUT2D eigenvalue weighted by Crippen LogP contribution is -2.30. The van der Waals surface area contributed by atoms with E-state index in [-0.39, 0.29) is 0 Å². The fraction of sp³-hybridized carbons (Fsp3) is 0.647. The summed E-state index contributed by atoms with van der Waals surface area (Å²) in [4.78, 5) is 0. The highest BCUT2D eigenvalue weighted by Gasteiger charge is 2.21. The van der Waals surface area contributed by atoms with Crippen LogP contribution in [0.5, 0.6) is 5.75 Å². The summed E-state index contributed by atoms with van der Waals surface area (Å²) >= 11 is 0. The molecule has 2 rings (SSSR count). The van der Waals surface area contributed by atoms with E-state index in [0.717, 1.165) is 17.4 Å². The second-order valence-electron chi connectivity index (χ2n) is 5.85. The van der Waals surface area contributed by atoms with E-state index < -0.39 is 0 Å². The molecule has 1 aliphatic rings. The number of anilines is 1. The number of hydrogen-bond acceptors (Lipinski definition) is 3. The number of methoxy groups -OCH3 is 1. The number of rotatable bonds is 6. The van der Waals surface area contributed by atoms with Crippen LogP contribution in [-0.4, -0.2) is 26.4 Å². The molecule has 0 bridgehead atoms. The average Bonchev–Trinajstić information content (AvgIpc) is 2.44. The minimum Gasteiger partial charge on any atom is -0.489 e. The van der Waals surface area contributed by atoms with Crippen LogP contribution in [0.2, 0.25) is 0 Å². The smallest absolute Gasteiger partial charge is 0.142 e. The number of aryl methyl sites for hydroxylation is 1. The molecule has 3 heteroatoms. The molecule has 1 aliphatic carbocycles. The third-order valence-corrected chi connectivity index (χ3v) is 4.13. The molecule has 0 radical (unpaired) electrons. The lowest BCUT2D eigenvalue weighted by Gasteiger charge is -2.31. The van der Waals surface area contributed by atoms with Crippen molar-refractivity contribution >= 4 is 5.69 Å². The average molecular weight is 277 g/mol. The number of benzene rings is 1. The summed E-state index contributed by atoms with van der Waals surface area (Å²) in [6.07, 6.45) is 5.27. The first-order valence-corrected chi connectivity index (χ1v) is 7.69. The van der Waals surface area contributed by atoms with Crippen LogP contribution in [0.25, 0.3) is 0 Å². The SMILES string of the molecule is COCCOc1cc(C)ccc1NC1CCCCC1C.